The van der Waals surface area contributed by atoms with Crippen LogP contribution in [0, 0.1) is 0 Å². The Bertz CT molecular complexity index is 656. The maximum atomic E-state index is 12.0. The number of phenols is 1. The van der Waals surface area contributed by atoms with Crippen molar-refractivity contribution >= 4 is 11.7 Å². The van der Waals surface area contributed by atoms with Crippen LogP contribution in [0.15, 0.2) is 42.5 Å². The van der Waals surface area contributed by atoms with Crippen LogP contribution >= 0.6 is 0 Å². The van der Waals surface area contributed by atoms with Gasteiger partial charge in [0.2, 0.25) is 0 Å². The van der Waals surface area contributed by atoms with Gasteiger partial charge in [-0.1, -0.05) is 31.5 Å². The van der Waals surface area contributed by atoms with Crippen LogP contribution in [-0.2, 0) is 4.74 Å². The van der Waals surface area contributed by atoms with Gasteiger partial charge in [0.1, 0.15) is 11.5 Å². The molecule has 2 aromatic rings. The van der Waals surface area contributed by atoms with Crippen molar-refractivity contribution in [2.24, 2.45) is 0 Å². The Balaban J connectivity index is 2.40. The normalized spacial score (nSPS) is 10.2. The number of unbranched alkanes of at least 4 members (excludes halogenated alkanes) is 1. The van der Waals surface area contributed by atoms with E-state index >= 15 is 0 Å². The van der Waals surface area contributed by atoms with Crippen LogP contribution in [0.2, 0.25) is 0 Å². The van der Waals surface area contributed by atoms with Gasteiger partial charge in [0.15, 0.2) is 5.75 Å². The first-order chi connectivity index (χ1) is 11.2. The number of nitrogens with one attached hydrogen (secondary N) is 1. The molecule has 0 saturated heterocycles. The fraction of sp³-hybridized carbons (Fsp3) is 0.278. The third kappa shape index (κ3) is 4.39. The molecule has 0 amide bonds. The fourth-order valence-corrected chi connectivity index (χ4v) is 2.14. The highest BCUT2D eigenvalue weighted by Gasteiger charge is 2.19. The average molecular weight is 315 g/mol. The smallest absolute Gasteiger partial charge is 0.340 e. The van der Waals surface area contributed by atoms with Crippen LogP contribution in [0.3, 0.4) is 0 Å². The molecule has 0 saturated carbocycles. The number of ether oxygens (including phenoxy) is 2. The van der Waals surface area contributed by atoms with Crippen LogP contribution in [-0.4, -0.2) is 24.7 Å². The highest BCUT2D eigenvalue weighted by atomic mass is 16.5. The molecule has 5 heteroatoms. The zero-order valence-electron chi connectivity index (χ0n) is 13.3. The third-order valence-corrected chi connectivity index (χ3v) is 3.30. The van der Waals surface area contributed by atoms with E-state index in [9.17, 15) is 9.90 Å². The number of rotatable bonds is 7. The van der Waals surface area contributed by atoms with E-state index in [1.165, 1.54) is 19.2 Å². The Morgan fingerprint density at radius 3 is 2.61 bits per heavy atom. The molecule has 0 aliphatic carbocycles. The monoisotopic (exact) mass is 315 g/mol. The second-order valence-corrected chi connectivity index (χ2v) is 5.05. The number of esters is 1. The fourth-order valence-electron chi connectivity index (χ4n) is 2.14. The van der Waals surface area contributed by atoms with Crippen molar-refractivity contribution in [3.8, 4) is 17.2 Å². The van der Waals surface area contributed by atoms with Crippen molar-refractivity contribution in [2.45, 2.75) is 19.8 Å². The molecule has 0 bridgehead atoms. The lowest BCUT2D eigenvalue weighted by molar-refractivity contribution is 0.0601. The number of phenolic OH excluding ortho intramolecular Hbond substituents is 1. The Kier molecular flexibility index (Phi) is 5.86. The lowest BCUT2D eigenvalue weighted by Gasteiger charge is -2.16. The summed E-state index contributed by atoms with van der Waals surface area (Å²) in [6.45, 7) is 2.78. The van der Waals surface area contributed by atoms with Gasteiger partial charge in [-0.05, 0) is 24.6 Å². The summed E-state index contributed by atoms with van der Waals surface area (Å²) in [5.41, 5.74) is 0.765. The minimum Gasteiger partial charge on any atom is -0.508 e. The van der Waals surface area contributed by atoms with Crippen LogP contribution in [0.1, 0.15) is 30.1 Å². The number of anilines is 1. The number of para-hydroxylation sites is 1. The molecule has 2 rings (SSSR count). The molecular formula is C18H21NO4. The van der Waals surface area contributed by atoms with Crippen LogP contribution < -0.4 is 10.1 Å². The van der Waals surface area contributed by atoms with Gasteiger partial charge in [0.25, 0.3) is 0 Å². The lowest BCUT2D eigenvalue weighted by atomic mass is 10.1. The molecule has 2 aromatic carbocycles. The van der Waals surface area contributed by atoms with Crippen molar-refractivity contribution in [1.82, 2.24) is 0 Å². The Morgan fingerprint density at radius 2 is 1.96 bits per heavy atom. The second-order valence-electron chi connectivity index (χ2n) is 5.05. The first-order valence-electron chi connectivity index (χ1n) is 7.57. The predicted molar refractivity (Wildman–Crippen MR) is 89.4 cm³/mol. The van der Waals surface area contributed by atoms with E-state index in [4.69, 9.17) is 9.47 Å². The topological polar surface area (TPSA) is 67.8 Å². The molecule has 23 heavy (non-hydrogen) atoms. The SMILES string of the molecule is CCCCNc1c(Oc2ccccc2)cc(O)cc1C(=O)OC. The van der Waals surface area contributed by atoms with Crippen molar-refractivity contribution in [3.63, 3.8) is 0 Å². The van der Waals surface area contributed by atoms with E-state index in [1.807, 2.05) is 18.2 Å². The zero-order chi connectivity index (χ0) is 16.7. The minimum absolute atomic E-state index is 0.0580. The summed E-state index contributed by atoms with van der Waals surface area (Å²) in [6, 6.07) is 12.0. The predicted octanol–water partition coefficient (Wildman–Crippen LogP) is 4.18. The summed E-state index contributed by atoms with van der Waals surface area (Å²) < 4.78 is 10.6. The number of methoxy groups -OCH3 is 1. The van der Waals surface area contributed by atoms with Crippen molar-refractivity contribution < 1.29 is 19.4 Å². The number of carbonyl (C=O) groups excluding carboxylic acids is 1. The van der Waals surface area contributed by atoms with Gasteiger partial charge in [-0.3, -0.25) is 0 Å². The lowest BCUT2D eigenvalue weighted by Crippen LogP contribution is -2.10. The molecular weight excluding hydrogens is 294 g/mol. The Hall–Kier alpha value is -2.69. The van der Waals surface area contributed by atoms with E-state index in [0.717, 1.165) is 12.8 Å². The van der Waals surface area contributed by atoms with Gasteiger partial charge < -0.3 is 19.9 Å². The summed E-state index contributed by atoms with van der Waals surface area (Å²) >= 11 is 0. The maximum absolute atomic E-state index is 12.0. The molecule has 0 aliphatic rings. The van der Waals surface area contributed by atoms with E-state index in [1.54, 1.807) is 12.1 Å². The van der Waals surface area contributed by atoms with Gasteiger partial charge in [-0.15, -0.1) is 0 Å². The highest BCUT2D eigenvalue weighted by molar-refractivity contribution is 5.98. The maximum Gasteiger partial charge on any atom is 0.340 e. The molecule has 2 N–H and O–H groups in total. The van der Waals surface area contributed by atoms with Gasteiger partial charge in [0.05, 0.1) is 18.4 Å². The third-order valence-electron chi connectivity index (χ3n) is 3.30. The molecule has 122 valence electrons. The summed E-state index contributed by atoms with van der Waals surface area (Å²) in [5.74, 6) is 0.412. The molecule has 0 fully saturated rings. The first kappa shape index (κ1) is 16.7. The van der Waals surface area contributed by atoms with E-state index in [2.05, 4.69) is 12.2 Å². The van der Waals surface area contributed by atoms with Crippen LogP contribution in [0.5, 0.6) is 17.2 Å². The molecule has 0 aliphatic heterocycles. The molecule has 0 heterocycles. The van der Waals surface area contributed by atoms with Gasteiger partial charge in [-0.25, -0.2) is 4.79 Å². The molecule has 0 spiro atoms. The van der Waals surface area contributed by atoms with E-state index in [0.29, 0.717) is 23.7 Å². The van der Waals surface area contributed by atoms with Crippen molar-refractivity contribution in [1.29, 1.82) is 0 Å². The summed E-state index contributed by atoms with van der Waals surface area (Å²) in [6.07, 6.45) is 1.97. The van der Waals surface area contributed by atoms with Crippen LogP contribution in [0.4, 0.5) is 5.69 Å². The Labute approximate surface area is 135 Å². The molecule has 0 unspecified atom stereocenters. The minimum atomic E-state index is -0.530. The molecule has 5 nitrogen and oxygen atoms in total. The summed E-state index contributed by atoms with van der Waals surface area (Å²) in [7, 11) is 1.31. The first-order valence-corrected chi connectivity index (χ1v) is 7.57. The quantitative estimate of drug-likeness (QED) is 0.456. The van der Waals surface area contributed by atoms with Crippen molar-refractivity contribution in [3.05, 3.63) is 48.0 Å². The number of benzene rings is 2. The highest BCUT2D eigenvalue weighted by Crippen LogP contribution is 2.36. The van der Waals surface area contributed by atoms with Gasteiger partial charge >= 0.3 is 5.97 Å². The zero-order valence-corrected chi connectivity index (χ0v) is 13.3. The van der Waals surface area contributed by atoms with E-state index < -0.39 is 5.97 Å². The summed E-state index contributed by atoms with van der Waals surface area (Å²) in [5, 5.41) is 13.1. The Morgan fingerprint density at radius 1 is 1.22 bits per heavy atom. The largest absolute Gasteiger partial charge is 0.508 e. The standard InChI is InChI=1S/C18H21NO4/c1-3-4-10-19-17-15(18(21)22-2)11-13(20)12-16(17)23-14-8-6-5-7-9-14/h5-9,11-12,19-20H,3-4,10H2,1-2H3. The molecule has 0 radical (unpaired) electrons. The molecule has 0 atom stereocenters. The molecule has 0 aromatic heterocycles. The van der Waals surface area contributed by atoms with E-state index in [-0.39, 0.29) is 11.3 Å². The number of aromatic hydroxyl groups is 1. The number of hydrogen-bond donors (Lipinski definition) is 2. The van der Waals surface area contributed by atoms with Crippen molar-refractivity contribution in [2.75, 3.05) is 19.0 Å². The average Bonchev–Trinajstić information content (AvgIpc) is 2.56. The summed E-state index contributed by atoms with van der Waals surface area (Å²) in [4.78, 5) is 12.0. The van der Waals surface area contributed by atoms with Crippen LogP contribution in [0.25, 0.3) is 0 Å². The van der Waals surface area contributed by atoms with Gasteiger partial charge in [-0.2, -0.15) is 0 Å². The van der Waals surface area contributed by atoms with Gasteiger partial charge in [0, 0.05) is 12.6 Å². The second kappa shape index (κ2) is 8.08. The number of hydrogen-bond acceptors (Lipinski definition) is 5. The number of carbonyl (C=O) groups is 1.